The molecule has 12 heavy (non-hydrogen) atoms. The van der Waals surface area contributed by atoms with Crippen molar-refractivity contribution >= 4 is 0 Å². The van der Waals surface area contributed by atoms with Crippen LogP contribution in [-0.4, -0.2) is 18.0 Å². The fraction of sp³-hybridized carbons (Fsp3) is 0.500. The molecule has 0 saturated carbocycles. The predicted molar refractivity (Wildman–Crippen MR) is 47.0 cm³/mol. The van der Waals surface area contributed by atoms with Crippen LogP contribution in [0.15, 0.2) is 23.7 Å². The summed E-state index contributed by atoms with van der Waals surface area (Å²) in [6, 6.07) is 0. The monoisotopic (exact) mass is 166 g/mol. The number of halogens is 1. The molecule has 65 valence electrons. The summed E-state index contributed by atoms with van der Waals surface area (Å²) in [4.78, 5) is 2.14. The molecule has 1 aliphatic carbocycles. The van der Waals surface area contributed by atoms with Gasteiger partial charge in [-0.15, -0.1) is 0 Å². The first kappa shape index (κ1) is 7.84. The summed E-state index contributed by atoms with van der Waals surface area (Å²) >= 11 is 0. The molecule has 0 amide bonds. The highest BCUT2D eigenvalue weighted by atomic mass is 19.1. The van der Waals surface area contributed by atoms with Gasteiger partial charge >= 0.3 is 0 Å². The summed E-state index contributed by atoms with van der Waals surface area (Å²) in [6.45, 7) is 2.04. The van der Waals surface area contributed by atoms with Crippen LogP contribution in [-0.2, 0) is 0 Å². The average molecular weight is 166 g/mol. The lowest BCUT2D eigenvalue weighted by Gasteiger charge is -2.22. The van der Waals surface area contributed by atoms with Crippen LogP contribution in [0.3, 0.4) is 0 Å². The molecule has 0 unspecified atom stereocenters. The van der Waals surface area contributed by atoms with E-state index in [0.29, 0.717) is 0 Å². The highest BCUT2D eigenvalue weighted by Gasteiger charge is 2.18. The number of allylic oxidation sites excluding steroid dienone is 3. The Labute approximate surface area is 72.6 Å². The van der Waals surface area contributed by atoms with Gasteiger partial charge < -0.3 is 4.90 Å². The Morgan fingerprint density at radius 1 is 1.25 bits per heavy atom. The minimum atomic E-state index is -0.0665. The Morgan fingerprint density at radius 2 is 2.00 bits per heavy atom. The van der Waals surface area contributed by atoms with Crippen molar-refractivity contribution in [3.63, 3.8) is 0 Å². The lowest BCUT2D eigenvalue weighted by molar-refractivity contribution is 0.404. The van der Waals surface area contributed by atoms with Crippen molar-refractivity contribution in [2.24, 2.45) is 0 Å². The van der Waals surface area contributed by atoms with E-state index < -0.39 is 0 Å². The molecular weight excluding hydrogens is 153 g/mol. The third kappa shape index (κ3) is 1.38. The van der Waals surface area contributed by atoms with E-state index in [0.717, 1.165) is 25.2 Å². The highest BCUT2D eigenvalue weighted by Crippen LogP contribution is 2.25. The molecule has 2 rings (SSSR count). The van der Waals surface area contributed by atoms with Crippen LogP contribution in [0.2, 0.25) is 0 Å². The van der Waals surface area contributed by atoms with Crippen LogP contribution >= 0.6 is 0 Å². The largest absolute Gasteiger partial charge is 0.369 e. The maximum absolute atomic E-state index is 13.2. The van der Waals surface area contributed by atoms with E-state index in [1.54, 1.807) is 6.08 Å². The van der Waals surface area contributed by atoms with Gasteiger partial charge in [0.2, 0.25) is 0 Å². The number of rotatable bonds is 1. The molecule has 0 N–H and O–H groups in total. The Balaban J connectivity index is 2.10. The van der Waals surface area contributed by atoms with Crippen molar-refractivity contribution in [1.29, 1.82) is 0 Å². The van der Waals surface area contributed by atoms with E-state index in [2.05, 4.69) is 4.90 Å². The molecule has 1 heterocycles. The van der Waals surface area contributed by atoms with Crippen LogP contribution in [0.5, 0.6) is 0 Å². The average Bonchev–Trinajstić information content (AvgIpc) is 2.57. The smallest absolute Gasteiger partial charge is 0.142 e. The van der Waals surface area contributed by atoms with E-state index >= 15 is 0 Å². The van der Waals surface area contributed by atoms with E-state index in [1.807, 2.05) is 12.5 Å². The zero-order valence-corrected chi connectivity index (χ0v) is 7.09. The van der Waals surface area contributed by atoms with Gasteiger partial charge in [0.15, 0.2) is 0 Å². The van der Waals surface area contributed by atoms with Crippen molar-refractivity contribution in [3.8, 4) is 0 Å². The first-order valence-electron chi connectivity index (χ1n) is 4.52. The van der Waals surface area contributed by atoms with Gasteiger partial charge in [-0.2, -0.15) is 0 Å². The normalized spacial score (nSPS) is 23.9. The van der Waals surface area contributed by atoms with Crippen molar-refractivity contribution in [1.82, 2.24) is 4.90 Å². The highest BCUT2D eigenvalue weighted by molar-refractivity contribution is 5.31. The summed E-state index contributed by atoms with van der Waals surface area (Å²) in [7, 11) is 0. The van der Waals surface area contributed by atoms with E-state index in [4.69, 9.17) is 0 Å². The van der Waals surface area contributed by atoms with E-state index in [9.17, 15) is 4.39 Å². The molecule has 2 aliphatic rings. The third-order valence-electron chi connectivity index (χ3n) is 2.40. The van der Waals surface area contributed by atoms with Gasteiger partial charge in [-0.1, -0.05) is 6.08 Å². The fourth-order valence-electron chi connectivity index (χ4n) is 1.77. The Bertz CT molecular complexity index is 224. The molecule has 0 spiro atoms. The predicted octanol–water partition coefficient (Wildman–Crippen LogP) is 2.43. The molecule has 1 saturated heterocycles. The van der Waals surface area contributed by atoms with E-state index in [-0.39, 0.29) is 5.83 Å². The van der Waals surface area contributed by atoms with Gasteiger partial charge in [-0.25, -0.2) is 4.39 Å². The number of nitrogens with zero attached hydrogens (tertiary/aromatic N) is 1. The Hall–Kier alpha value is -0.790. The quantitative estimate of drug-likeness (QED) is 0.578. The molecule has 1 nitrogen and oxygen atoms in total. The van der Waals surface area contributed by atoms with Crippen LogP contribution < -0.4 is 0 Å². The molecule has 0 bridgehead atoms. The van der Waals surface area contributed by atoms with Crippen LogP contribution in [0, 0.1) is 6.42 Å². The third-order valence-corrected chi connectivity index (χ3v) is 2.40. The molecule has 2 heteroatoms. The topological polar surface area (TPSA) is 3.24 Å². The maximum atomic E-state index is 13.2. The molecular formula is C10H13FN. The van der Waals surface area contributed by atoms with Crippen molar-refractivity contribution in [2.45, 2.75) is 19.3 Å². The zero-order valence-electron chi connectivity index (χ0n) is 7.09. The zero-order chi connectivity index (χ0) is 8.39. The molecule has 1 fully saturated rings. The molecule has 0 aromatic rings. The number of hydrogen-bond donors (Lipinski definition) is 0. The molecule has 0 atom stereocenters. The summed E-state index contributed by atoms with van der Waals surface area (Å²) < 4.78 is 13.2. The standard InChI is InChI=1S/C10H13FN/c11-9-5-1-2-6-10(9)12-7-3-4-8-12/h1,5-6H,2-4,7-8H2. The van der Waals surface area contributed by atoms with Gasteiger partial charge in [-0.3, -0.25) is 0 Å². The van der Waals surface area contributed by atoms with Crippen molar-refractivity contribution in [2.75, 3.05) is 13.1 Å². The van der Waals surface area contributed by atoms with Gasteiger partial charge in [0.1, 0.15) is 5.83 Å². The lowest BCUT2D eigenvalue weighted by atomic mass is 10.1. The van der Waals surface area contributed by atoms with E-state index in [1.165, 1.54) is 12.8 Å². The SMILES string of the molecule is FC1=C[CH]CC=C1N1CCCC1. The molecule has 1 radical (unpaired) electrons. The van der Waals surface area contributed by atoms with Gasteiger partial charge in [0.05, 0.1) is 5.70 Å². The first-order valence-corrected chi connectivity index (χ1v) is 4.52. The second kappa shape index (κ2) is 3.30. The second-order valence-corrected chi connectivity index (χ2v) is 3.27. The van der Waals surface area contributed by atoms with Gasteiger partial charge in [0.25, 0.3) is 0 Å². The first-order chi connectivity index (χ1) is 5.88. The minimum absolute atomic E-state index is 0.0665. The summed E-state index contributed by atoms with van der Waals surface area (Å²) in [6.07, 6.45) is 8.69. The maximum Gasteiger partial charge on any atom is 0.142 e. The summed E-state index contributed by atoms with van der Waals surface area (Å²) in [5.74, 6) is -0.0665. The van der Waals surface area contributed by atoms with Crippen molar-refractivity contribution in [3.05, 3.63) is 30.1 Å². The van der Waals surface area contributed by atoms with Crippen LogP contribution in [0.4, 0.5) is 4.39 Å². The Morgan fingerprint density at radius 3 is 2.67 bits per heavy atom. The molecule has 0 aromatic carbocycles. The molecule has 1 aliphatic heterocycles. The lowest BCUT2D eigenvalue weighted by Crippen LogP contribution is -2.19. The molecule has 0 aromatic heterocycles. The summed E-state index contributed by atoms with van der Waals surface area (Å²) in [5.41, 5.74) is 0.815. The minimum Gasteiger partial charge on any atom is -0.369 e. The van der Waals surface area contributed by atoms with Gasteiger partial charge in [0, 0.05) is 13.1 Å². The van der Waals surface area contributed by atoms with Gasteiger partial charge in [-0.05, 0) is 31.8 Å². The Kier molecular flexibility index (Phi) is 2.15. The van der Waals surface area contributed by atoms with Crippen molar-refractivity contribution < 1.29 is 4.39 Å². The number of likely N-dealkylation sites (tertiary alicyclic amines) is 1. The fourth-order valence-corrected chi connectivity index (χ4v) is 1.77. The second-order valence-electron chi connectivity index (χ2n) is 3.27. The number of hydrogen-bond acceptors (Lipinski definition) is 1. The van der Waals surface area contributed by atoms with Crippen LogP contribution in [0.1, 0.15) is 19.3 Å². The summed E-state index contributed by atoms with van der Waals surface area (Å²) in [5, 5.41) is 0. The van der Waals surface area contributed by atoms with Crippen LogP contribution in [0.25, 0.3) is 0 Å².